The Balaban J connectivity index is 1.88. The molecule has 0 aliphatic carbocycles. The van der Waals surface area contributed by atoms with Crippen molar-refractivity contribution in [1.29, 1.82) is 0 Å². The van der Waals surface area contributed by atoms with Gasteiger partial charge in [-0.15, -0.1) is 0 Å². The van der Waals surface area contributed by atoms with Crippen molar-refractivity contribution in [3.8, 4) is 0 Å². The first-order valence-corrected chi connectivity index (χ1v) is 8.85. The van der Waals surface area contributed by atoms with Crippen molar-refractivity contribution in [2.75, 3.05) is 0 Å². The maximum Gasteiger partial charge on any atom is 0.252 e. The van der Waals surface area contributed by atoms with Crippen LogP contribution in [0.2, 0.25) is 0 Å². The normalized spacial score (nSPS) is 12.6. The van der Waals surface area contributed by atoms with Crippen molar-refractivity contribution in [2.24, 2.45) is 0 Å². The van der Waals surface area contributed by atoms with Crippen molar-refractivity contribution >= 4 is 17.6 Å². The van der Waals surface area contributed by atoms with Gasteiger partial charge >= 0.3 is 0 Å². The van der Waals surface area contributed by atoms with E-state index in [9.17, 15) is 4.79 Å². The van der Waals surface area contributed by atoms with E-state index in [1.807, 2.05) is 42.5 Å². The summed E-state index contributed by atoms with van der Waals surface area (Å²) in [7, 11) is 0. The Labute approximate surface area is 154 Å². The van der Waals surface area contributed by atoms with Crippen molar-refractivity contribution in [3.63, 3.8) is 0 Å². The lowest BCUT2D eigenvalue weighted by Gasteiger charge is -2.19. The molecular weight excluding hydrogens is 322 g/mol. The first-order valence-electron chi connectivity index (χ1n) is 8.85. The van der Waals surface area contributed by atoms with E-state index in [1.54, 1.807) is 12.3 Å². The maximum atomic E-state index is 13.1. The summed E-state index contributed by atoms with van der Waals surface area (Å²) in [5.74, 6) is 0.544. The first kappa shape index (κ1) is 17.7. The van der Waals surface area contributed by atoms with E-state index in [4.69, 9.17) is 4.42 Å². The van der Waals surface area contributed by atoms with Crippen LogP contribution in [0.25, 0.3) is 11.6 Å². The van der Waals surface area contributed by atoms with Crippen molar-refractivity contribution in [2.45, 2.75) is 26.3 Å². The SMILES string of the molecule is CC[C@@H](NC(=O)/C(=C/c1ccco1)c1ccccc1)c1ccc(C)cc1. The fraction of sp³-hybridized carbons (Fsp3) is 0.174. The van der Waals surface area contributed by atoms with Crippen molar-refractivity contribution < 1.29 is 9.21 Å². The molecule has 0 aliphatic rings. The Hall–Kier alpha value is -3.07. The minimum absolute atomic E-state index is 0.0354. The Kier molecular flexibility index (Phi) is 5.69. The van der Waals surface area contributed by atoms with Crippen LogP contribution in [0, 0.1) is 6.92 Å². The molecule has 26 heavy (non-hydrogen) atoms. The van der Waals surface area contributed by atoms with Gasteiger partial charge in [0.05, 0.1) is 17.9 Å². The molecule has 3 rings (SSSR count). The molecule has 0 radical (unpaired) electrons. The van der Waals surface area contributed by atoms with Crippen molar-refractivity contribution in [3.05, 3.63) is 95.4 Å². The zero-order valence-electron chi connectivity index (χ0n) is 15.1. The number of amides is 1. The molecule has 3 aromatic rings. The molecule has 3 heteroatoms. The minimum Gasteiger partial charge on any atom is -0.465 e. The summed E-state index contributed by atoms with van der Waals surface area (Å²) in [4.78, 5) is 13.1. The van der Waals surface area contributed by atoms with E-state index in [1.165, 1.54) is 5.56 Å². The van der Waals surface area contributed by atoms with Crippen molar-refractivity contribution in [1.82, 2.24) is 5.32 Å². The number of nitrogens with one attached hydrogen (secondary N) is 1. The zero-order chi connectivity index (χ0) is 18.4. The zero-order valence-corrected chi connectivity index (χ0v) is 15.1. The second-order valence-corrected chi connectivity index (χ2v) is 6.28. The monoisotopic (exact) mass is 345 g/mol. The molecular formula is C23H23NO2. The molecule has 2 aromatic carbocycles. The van der Waals surface area contributed by atoms with Gasteiger partial charge in [-0.1, -0.05) is 67.1 Å². The third-order valence-electron chi connectivity index (χ3n) is 4.35. The van der Waals surface area contributed by atoms with Gasteiger partial charge in [0.15, 0.2) is 0 Å². The highest BCUT2D eigenvalue weighted by Gasteiger charge is 2.18. The summed E-state index contributed by atoms with van der Waals surface area (Å²) >= 11 is 0. The maximum absolute atomic E-state index is 13.1. The van der Waals surface area contributed by atoms with Crippen LogP contribution in [-0.4, -0.2) is 5.91 Å². The third-order valence-corrected chi connectivity index (χ3v) is 4.35. The summed E-state index contributed by atoms with van der Waals surface area (Å²) in [6.45, 7) is 4.13. The Morgan fingerprint density at radius 2 is 1.77 bits per heavy atom. The van der Waals surface area contributed by atoms with Gasteiger partial charge in [-0.3, -0.25) is 4.79 Å². The fourth-order valence-corrected chi connectivity index (χ4v) is 2.87. The lowest BCUT2D eigenvalue weighted by Crippen LogP contribution is -2.28. The summed E-state index contributed by atoms with van der Waals surface area (Å²) in [6.07, 6.45) is 4.21. The molecule has 132 valence electrons. The number of carbonyl (C=O) groups excluding carboxylic acids is 1. The molecule has 0 spiro atoms. The Morgan fingerprint density at radius 3 is 2.38 bits per heavy atom. The van der Waals surface area contributed by atoms with E-state index >= 15 is 0 Å². The third kappa shape index (κ3) is 4.31. The molecule has 3 nitrogen and oxygen atoms in total. The minimum atomic E-state index is -0.111. The quantitative estimate of drug-likeness (QED) is 0.608. The molecule has 0 fully saturated rings. The summed E-state index contributed by atoms with van der Waals surface area (Å²) in [5.41, 5.74) is 3.76. The highest BCUT2D eigenvalue weighted by atomic mass is 16.3. The van der Waals surface area contributed by atoms with Crippen LogP contribution in [0.3, 0.4) is 0 Å². The average Bonchev–Trinajstić information content (AvgIpc) is 3.19. The summed E-state index contributed by atoms with van der Waals surface area (Å²) < 4.78 is 5.41. The lowest BCUT2D eigenvalue weighted by molar-refractivity contribution is -0.116. The number of hydrogen-bond donors (Lipinski definition) is 1. The molecule has 0 saturated carbocycles. The molecule has 1 heterocycles. The number of furan rings is 1. The van der Waals surface area contributed by atoms with E-state index in [-0.39, 0.29) is 11.9 Å². The molecule has 1 atom stereocenters. The van der Waals surface area contributed by atoms with E-state index in [0.717, 1.165) is 17.5 Å². The van der Waals surface area contributed by atoms with E-state index in [0.29, 0.717) is 11.3 Å². The number of benzene rings is 2. The summed E-state index contributed by atoms with van der Waals surface area (Å²) in [6, 6.07) is 21.6. The van der Waals surface area contributed by atoms with Gasteiger partial charge in [0.1, 0.15) is 5.76 Å². The van der Waals surface area contributed by atoms with Crippen LogP contribution < -0.4 is 5.32 Å². The van der Waals surface area contributed by atoms with Gasteiger partial charge < -0.3 is 9.73 Å². The standard InChI is InChI=1S/C23H23NO2/c1-3-22(19-13-11-17(2)12-14-19)24-23(25)21(16-20-10-7-15-26-20)18-8-5-4-6-9-18/h4-16,22H,3H2,1-2H3,(H,24,25)/b21-16+/t22-/m1/s1. The van der Waals surface area contributed by atoms with Crippen LogP contribution in [-0.2, 0) is 4.79 Å². The fourth-order valence-electron chi connectivity index (χ4n) is 2.87. The van der Waals surface area contributed by atoms with E-state index in [2.05, 4.69) is 43.4 Å². The number of rotatable bonds is 6. The number of aryl methyl sites for hydroxylation is 1. The van der Waals surface area contributed by atoms with Crippen LogP contribution in [0.1, 0.15) is 41.8 Å². The molecule has 0 aliphatic heterocycles. The highest BCUT2D eigenvalue weighted by Crippen LogP contribution is 2.22. The van der Waals surface area contributed by atoms with E-state index < -0.39 is 0 Å². The van der Waals surface area contributed by atoms with Gasteiger partial charge in [-0.2, -0.15) is 0 Å². The largest absolute Gasteiger partial charge is 0.465 e. The number of carbonyl (C=O) groups is 1. The van der Waals surface area contributed by atoms with Crippen LogP contribution in [0.4, 0.5) is 0 Å². The number of hydrogen-bond acceptors (Lipinski definition) is 2. The van der Waals surface area contributed by atoms with Gasteiger partial charge in [0.25, 0.3) is 5.91 Å². The predicted molar refractivity (Wildman–Crippen MR) is 105 cm³/mol. The molecule has 1 aromatic heterocycles. The molecule has 0 unspecified atom stereocenters. The molecule has 1 N–H and O–H groups in total. The Bertz CT molecular complexity index is 862. The topological polar surface area (TPSA) is 42.2 Å². The second kappa shape index (κ2) is 8.34. The second-order valence-electron chi connectivity index (χ2n) is 6.28. The van der Waals surface area contributed by atoms with Gasteiger partial charge in [0, 0.05) is 0 Å². The average molecular weight is 345 g/mol. The Morgan fingerprint density at radius 1 is 1.04 bits per heavy atom. The summed E-state index contributed by atoms with van der Waals surface area (Å²) in [5, 5.41) is 3.16. The van der Waals surface area contributed by atoms with Crippen LogP contribution >= 0.6 is 0 Å². The molecule has 0 saturated heterocycles. The van der Waals surface area contributed by atoms with Gasteiger partial charge in [-0.25, -0.2) is 0 Å². The molecule has 0 bridgehead atoms. The molecule has 1 amide bonds. The van der Waals surface area contributed by atoms with Gasteiger partial charge in [0.2, 0.25) is 0 Å². The lowest BCUT2D eigenvalue weighted by atomic mass is 10.0. The van der Waals surface area contributed by atoms with Crippen LogP contribution in [0.15, 0.2) is 77.4 Å². The van der Waals surface area contributed by atoms with Crippen LogP contribution in [0.5, 0.6) is 0 Å². The first-order chi connectivity index (χ1) is 12.7. The predicted octanol–water partition coefficient (Wildman–Crippen LogP) is 5.40. The van der Waals surface area contributed by atoms with Gasteiger partial charge in [-0.05, 0) is 42.7 Å². The highest BCUT2D eigenvalue weighted by molar-refractivity contribution is 6.24. The smallest absolute Gasteiger partial charge is 0.252 e.